The fourth-order valence-corrected chi connectivity index (χ4v) is 0.890. The van der Waals surface area contributed by atoms with E-state index in [9.17, 15) is 4.79 Å². The summed E-state index contributed by atoms with van der Waals surface area (Å²) in [4.78, 5) is 10.7. The average Bonchev–Trinajstić information content (AvgIpc) is 2.29. The van der Waals surface area contributed by atoms with Crippen LogP contribution in [0.2, 0.25) is 0 Å². The molecule has 4 heteroatoms. The zero-order chi connectivity index (χ0) is 11.1. The zero-order valence-corrected chi connectivity index (χ0v) is 8.60. The second-order valence-corrected chi connectivity index (χ2v) is 2.62. The lowest BCUT2D eigenvalue weighted by molar-refractivity contribution is -0.134. The molecule has 80 valence electrons. The number of carbonyl (C=O) groups excluding carboxylic acids is 1. The van der Waals surface area contributed by atoms with Gasteiger partial charge in [0.05, 0.1) is 26.6 Å². The second-order valence-electron chi connectivity index (χ2n) is 2.62. The molecule has 0 N–H and O–H groups in total. The molecule has 0 spiro atoms. The van der Waals surface area contributed by atoms with Gasteiger partial charge in [-0.15, -0.1) is 0 Å². The van der Waals surface area contributed by atoms with E-state index in [0.717, 1.165) is 5.75 Å². The van der Waals surface area contributed by atoms with Crippen LogP contribution in [0.3, 0.4) is 0 Å². The Labute approximate surface area is 88.1 Å². The molecule has 0 saturated heterocycles. The highest BCUT2D eigenvalue weighted by atomic mass is 16.5. The Hall–Kier alpha value is -1.97. The Morgan fingerprint density at radius 2 is 1.73 bits per heavy atom. The quantitative estimate of drug-likeness (QED) is 0.429. The lowest BCUT2D eigenvalue weighted by Crippen LogP contribution is -1.95. The van der Waals surface area contributed by atoms with Crippen LogP contribution >= 0.6 is 0 Å². The van der Waals surface area contributed by atoms with Crippen LogP contribution in [-0.4, -0.2) is 20.2 Å². The van der Waals surface area contributed by atoms with Crippen LogP contribution in [0.1, 0.15) is 0 Å². The van der Waals surface area contributed by atoms with Crippen molar-refractivity contribution < 1.29 is 19.0 Å². The number of rotatable bonds is 4. The molecule has 0 saturated carbocycles. The Balaban J connectivity index is 2.51. The molecule has 1 rings (SSSR count). The van der Waals surface area contributed by atoms with E-state index in [4.69, 9.17) is 9.47 Å². The first kappa shape index (κ1) is 11.1. The molecule has 0 radical (unpaired) electrons. The summed E-state index contributed by atoms with van der Waals surface area (Å²) >= 11 is 0. The third-order valence-corrected chi connectivity index (χ3v) is 1.67. The van der Waals surface area contributed by atoms with Gasteiger partial charge in [0, 0.05) is 0 Å². The van der Waals surface area contributed by atoms with E-state index in [1.54, 1.807) is 31.4 Å². The van der Waals surface area contributed by atoms with E-state index in [0.29, 0.717) is 5.75 Å². The summed E-state index contributed by atoms with van der Waals surface area (Å²) in [5.41, 5.74) is 0. The first-order chi connectivity index (χ1) is 7.26. The van der Waals surface area contributed by atoms with Gasteiger partial charge < -0.3 is 14.2 Å². The van der Waals surface area contributed by atoms with E-state index in [1.165, 1.54) is 19.4 Å². The van der Waals surface area contributed by atoms with Gasteiger partial charge in [-0.25, -0.2) is 4.79 Å². The average molecular weight is 208 g/mol. The number of benzene rings is 1. The molecule has 0 unspecified atom stereocenters. The van der Waals surface area contributed by atoms with Crippen molar-refractivity contribution >= 4 is 5.97 Å². The topological polar surface area (TPSA) is 44.8 Å². The maximum atomic E-state index is 10.7. The van der Waals surface area contributed by atoms with Crippen molar-refractivity contribution in [2.24, 2.45) is 0 Å². The SMILES string of the molecule is COC(=O)/C=C/Oc1ccc(OC)cc1. The maximum Gasteiger partial charge on any atom is 0.333 e. The first-order valence-electron chi connectivity index (χ1n) is 4.31. The number of carbonyl (C=O) groups is 1. The van der Waals surface area contributed by atoms with Gasteiger partial charge in [0.25, 0.3) is 0 Å². The van der Waals surface area contributed by atoms with Gasteiger partial charge in [0.1, 0.15) is 11.5 Å². The van der Waals surface area contributed by atoms with Crippen molar-refractivity contribution in [2.45, 2.75) is 0 Å². The summed E-state index contributed by atoms with van der Waals surface area (Å²) in [6.07, 6.45) is 2.47. The van der Waals surface area contributed by atoms with E-state index >= 15 is 0 Å². The third-order valence-electron chi connectivity index (χ3n) is 1.67. The Kier molecular flexibility index (Phi) is 4.22. The Morgan fingerprint density at radius 3 is 2.27 bits per heavy atom. The minimum absolute atomic E-state index is 0.455. The van der Waals surface area contributed by atoms with Gasteiger partial charge in [-0.2, -0.15) is 0 Å². The molecule has 15 heavy (non-hydrogen) atoms. The van der Waals surface area contributed by atoms with Gasteiger partial charge in [-0.1, -0.05) is 0 Å². The summed E-state index contributed by atoms with van der Waals surface area (Å²) in [7, 11) is 2.90. The molecule has 0 amide bonds. The number of esters is 1. The predicted molar refractivity (Wildman–Crippen MR) is 54.8 cm³/mol. The molecule has 1 aromatic rings. The van der Waals surface area contributed by atoms with E-state index in [1.807, 2.05) is 0 Å². The Morgan fingerprint density at radius 1 is 1.13 bits per heavy atom. The molecule has 0 fully saturated rings. The van der Waals surface area contributed by atoms with Crippen LogP contribution in [-0.2, 0) is 9.53 Å². The van der Waals surface area contributed by atoms with E-state index in [-0.39, 0.29) is 0 Å². The molecule has 4 nitrogen and oxygen atoms in total. The monoisotopic (exact) mass is 208 g/mol. The van der Waals surface area contributed by atoms with Crippen molar-refractivity contribution in [1.82, 2.24) is 0 Å². The third kappa shape index (κ3) is 3.72. The summed E-state index contributed by atoms with van der Waals surface area (Å²) < 4.78 is 14.5. The van der Waals surface area contributed by atoms with Gasteiger partial charge in [-0.3, -0.25) is 0 Å². The predicted octanol–water partition coefficient (Wildman–Crippen LogP) is 1.76. The van der Waals surface area contributed by atoms with E-state index < -0.39 is 5.97 Å². The van der Waals surface area contributed by atoms with Crippen molar-refractivity contribution in [1.29, 1.82) is 0 Å². The molecule has 0 bridgehead atoms. The van der Waals surface area contributed by atoms with Crippen molar-refractivity contribution in [3.05, 3.63) is 36.6 Å². The molecule has 0 atom stereocenters. The molecule has 0 heterocycles. The van der Waals surface area contributed by atoms with Crippen molar-refractivity contribution in [2.75, 3.05) is 14.2 Å². The van der Waals surface area contributed by atoms with Gasteiger partial charge in [0.2, 0.25) is 0 Å². The molecular formula is C11H12O4. The largest absolute Gasteiger partial charge is 0.497 e. The normalized spacial score (nSPS) is 10.0. The van der Waals surface area contributed by atoms with Gasteiger partial charge in [-0.05, 0) is 24.3 Å². The number of hydrogen-bond acceptors (Lipinski definition) is 4. The lowest BCUT2D eigenvalue weighted by atomic mass is 10.3. The highest BCUT2D eigenvalue weighted by molar-refractivity contribution is 5.81. The molecule has 0 aliphatic rings. The Bertz CT molecular complexity index is 340. The highest BCUT2D eigenvalue weighted by Crippen LogP contribution is 2.16. The number of methoxy groups -OCH3 is 2. The summed E-state index contributed by atoms with van der Waals surface area (Å²) in [6, 6.07) is 7.00. The van der Waals surface area contributed by atoms with Gasteiger partial charge >= 0.3 is 5.97 Å². The fourth-order valence-electron chi connectivity index (χ4n) is 0.890. The van der Waals surface area contributed by atoms with Crippen molar-refractivity contribution in [3.63, 3.8) is 0 Å². The molecular weight excluding hydrogens is 196 g/mol. The number of ether oxygens (including phenoxy) is 3. The smallest absolute Gasteiger partial charge is 0.333 e. The molecule has 0 aliphatic heterocycles. The van der Waals surface area contributed by atoms with Crippen LogP contribution in [0.5, 0.6) is 11.5 Å². The number of hydrogen-bond donors (Lipinski definition) is 0. The zero-order valence-electron chi connectivity index (χ0n) is 8.60. The standard InChI is InChI=1S/C11H12O4/c1-13-9-3-5-10(6-4-9)15-8-7-11(12)14-2/h3-8H,1-2H3/b8-7+. The molecule has 0 aliphatic carbocycles. The van der Waals surface area contributed by atoms with Crippen LogP contribution < -0.4 is 9.47 Å². The van der Waals surface area contributed by atoms with Crippen molar-refractivity contribution in [3.8, 4) is 11.5 Å². The minimum Gasteiger partial charge on any atom is -0.497 e. The van der Waals surface area contributed by atoms with Gasteiger partial charge in [0.15, 0.2) is 0 Å². The minimum atomic E-state index is -0.455. The highest BCUT2D eigenvalue weighted by Gasteiger charge is 1.94. The van der Waals surface area contributed by atoms with Crippen LogP contribution in [0, 0.1) is 0 Å². The van der Waals surface area contributed by atoms with Crippen LogP contribution in [0.15, 0.2) is 36.6 Å². The van der Waals surface area contributed by atoms with E-state index in [2.05, 4.69) is 4.74 Å². The lowest BCUT2D eigenvalue weighted by Gasteiger charge is -2.01. The maximum absolute atomic E-state index is 10.7. The summed E-state index contributed by atoms with van der Waals surface area (Å²) in [5, 5.41) is 0. The van der Waals surface area contributed by atoms with Crippen LogP contribution in [0.4, 0.5) is 0 Å². The summed E-state index contributed by atoms with van der Waals surface area (Å²) in [6.45, 7) is 0. The second kappa shape index (κ2) is 5.70. The summed E-state index contributed by atoms with van der Waals surface area (Å²) in [5.74, 6) is 0.916. The first-order valence-corrected chi connectivity index (χ1v) is 4.31. The van der Waals surface area contributed by atoms with Crippen LogP contribution in [0.25, 0.3) is 0 Å². The molecule has 0 aromatic heterocycles. The molecule has 1 aromatic carbocycles. The fraction of sp³-hybridized carbons (Fsp3) is 0.182.